The molecule has 0 fully saturated rings. The van der Waals surface area contributed by atoms with Gasteiger partial charge in [-0.05, 0) is 74.9 Å². The van der Waals surface area contributed by atoms with Crippen molar-refractivity contribution < 1.29 is 47.7 Å². The highest BCUT2D eigenvalue weighted by molar-refractivity contribution is 5.75. The van der Waals surface area contributed by atoms with Crippen LogP contribution in [0.15, 0.2) is 93.3 Å². The van der Waals surface area contributed by atoms with E-state index in [0.29, 0.717) is 100 Å². The molecule has 0 bridgehead atoms. The molecule has 0 heterocycles. The largest absolute Gasteiger partial charge is 0.494 e. The second kappa shape index (κ2) is 29.3. The fourth-order valence-corrected chi connectivity index (χ4v) is 6.01. The molecule has 2 N–H and O–H groups in total. The number of benzene rings is 3. The van der Waals surface area contributed by atoms with E-state index in [2.05, 4.69) is 48.1 Å². The average molecular weight is 877 g/mol. The minimum Gasteiger partial charge on any atom is -0.494 e. The van der Waals surface area contributed by atoms with Crippen LogP contribution in [-0.4, -0.2) is 117 Å². The smallest absolute Gasteiger partial charge is 0.407 e. The first-order valence-electron chi connectivity index (χ1n) is 21.1. The molecular formula is C44H60N8O11. The number of carbonyl (C=O) groups excluding carboxylic acids is 2. The first kappa shape index (κ1) is 49.6. The topological polar surface area (TPSA) is 219 Å². The zero-order valence-electron chi connectivity index (χ0n) is 36.4. The van der Waals surface area contributed by atoms with Crippen LogP contribution in [0.3, 0.4) is 0 Å². The maximum atomic E-state index is 12.3. The van der Waals surface area contributed by atoms with E-state index in [4.69, 9.17) is 33.2 Å². The van der Waals surface area contributed by atoms with Gasteiger partial charge in [0.1, 0.15) is 29.0 Å². The molecule has 4 rings (SSSR count). The number of amides is 2. The van der Waals surface area contributed by atoms with Crippen LogP contribution in [-0.2, 0) is 28.5 Å². The van der Waals surface area contributed by atoms with Gasteiger partial charge in [0.05, 0.1) is 83.4 Å². The van der Waals surface area contributed by atoms with Crippen LogP contribution in [0.5, 0.6) is 11.5 Å². The van der Waals surface area contributed by atoms with Crippen LogP contribution in [0.25, 0.3) is 0 Å². The Morgan fingerprint density at radius 1 is 0.714 bits per heavy atom. The molecule has 342 valence electrons. The van der Waals surface area contributed by atoms with Crippen molar-refractivity contribution in [1.29, 1.82) is 0 Å². The van der Waals surface area contributed by atoms with E-state index in [0.717, 1.165) is 50.8 Å². The van der Waals surface area contributed by atoms with Gasteiger partial charge in [0.15, 0.2) is 0 Å². The lowest BCUT2D eigenvalue weighted by Crippen LogP contribution is -2.31. The third-order valence-electron chi connectivity index (χ3n) is 9.47. The Kier molecular flexibility index (Phi) is 23.1. The summed E-state index contributed by atoms with van der Waals surface area (Å²) in [5, 5.41) is 33.7. The molecule has 1 unspecified atom stereocenters. The van der Waals surface area contributed by atoms with Crippen LogP contribution in [0.2, 0.25) is 0 Å². The second-order valence-electron chi connectivity index (χ2n) is 14.1. The summed E-state index contributed by atoms with van der Waals surface area (Å²) < 4.78 is 38.5. The first-order valence-corrected chi connectivity index (χ1v) is 21.1. The Bertz CT molecular complexity index is 1910. The summed E-state index contributed by atoms with van der Waals surface area (Å²) in [6.45, 7) is 4.80. The Morgan fingerprint density at radius 3 is 1.86 bits per heavy atom. The van der Waals surface area contributed by atoms with E-state index in [1.165, 1.54) is 38.5 Å². The minimum atomic E-state index is -0.482. The lowest BCUT2D eigenvalue weighted by Gasteiger charge is -2.19. The molecule has 0 aromatic heterocycles. The molecule has 0 saturated carbocycles. The summed E-state index contributed by atoms with van der Waals surface area (Å²) in [5.74, 6) is 0.715. The number of nitrogens with zero attached hydrogens (tertiary/aromatic N) is 6. The van der Waals surface area contributed by atoms with Gasteiger partial charge >= 0.3 is 6.09 Å². The number of nitrogens with one attached hydrogen (secondary N) is 2. The van der Waals surface area contributed by atoms with E-state index < -0.39 is 11.0 Å². The molecule has 1 aliphatic carbocycles. The third-order valence-corrected chi connectivity index (χ3v) is 9.47. The van der Waals surface area contributed by atoms with Gasteiger partial charge in [-0.3, -0.25) is 14.9 Å². The Hall–Kier alpha value is -6.02. The molecule has 19 heteroatoms. The van der Waals surface area contributed by atoms with Gasteiger partial charge in [0.25, 0.3) is 5.69 Å². The summed E-state index contributed by atoms with van der Waals surface area (Å²) >= 11 is 0. The van der Waals surface area contributed by atoms with Crippen LogP contribution < -0.4 is 25.0 Å². The van der Waals surface area contributed by atoms with Crippen LogP contribution in [0.4, 0.5) is 38.9 Å². The van der Waals surface area contributed by atoms with Crippen molar-refractivity contribution >= 4 is 46.1 Å². The fourth-order valence-electron chi connectivity index (χ4n) is 6.01. The molecule has 63 heavy (non-hydrogen) atoms. The number of allylic oxidation sites excluding steroid dienone is 2. The zero-order valence-corrected chi connectivity index (χ0v) is 36.4. The van der Waals surface area contributed by atoms with Gasteiger partial charge < -0.3 is 48.7 Å². The number of nitro groups is 1. The van der Waals surface area contributed by atoms with Gasteiger partial charge in [-0.15, -0.1) is 10.2 Å². The molecule has 1 atom stereocenters. The predicted molar refractivity (Wildman–Crippen MR) is 237 cm³/mol. The number of carbonyl (C=O) groups is 2. The van der Waals surface area contributed by atoms with Crippen LogP contribution in [0.1, 0.15) is 44.9 Å². The molecule has 0 aliphatic heterocycles. The van der Waals surface area contributed by atoms with Crippen molar-refractivity contribution in [2.75, 3.05) is 98.7 Å². The number of nitro benzene ring substituents is 1. The van der Waals surface area contributed by atoms with Gasteiger partial charge in [-0.25, -0.2) is 4.79 Å². The molecule has 3 aromatic rings. The highest BCUT2D eigenvalue weighted by Crippen LogP contribution is 2.41. The number of azo groups is 2. The molecule has 1 aliphatic rings. The zero-order chi connectivity index (χ0) is 44.9. The number of methoxy groups -OCH3 is 2. The second-order valence-corrected chi connectivity index (χ2v) is 14.1. The summed E-state index contributed by atoms with van der Waals surface area (Å²) in [6.07, 6.45) is 9.68. The Labute approximate surface area is 368 Å². The number of rotatable bonds is 28. The lowest BCUT2D eigenvalue weighted by molar-refractivity contribution is -0.384. The van der Waals surface area contributed by atoms with Gasteiger partial charge in [0, 0.05) is 63.1 Å². The van der Waals surface area contributed by atoms with Gasteiger partial charge in [-0.1, -0.05) is 12.2 Å². The normalized spacial score (nSPS) is 14.5. The SMILES string of the molecule is COc1cc(N=Nc2ccc([N+](=O)[O-])cc2)c(OC)cc1N=Nc1ccc(N(C)CCCNC(=O)CCOCCOCCOCCOCCNC(=O)OC2CC/C=C/CCC2)cc1. The van der Waals surface area contributed by atoms with Crippen molar-refractivity contribution in [2.24, 2.45) is 20.5 Å². The molecule has 2 amide bonds. The first-order chi connectivity index (χ1) is 30.7. The summed E-state index contributed by atoms with van der Waals surface area (Å²) in [7, 11) is 4.98. The number of ether oxygens (including phenoxy) is 7. The van der Waals surface area contributed by atoms with Crippen LogP contribution in [0, 0.1) is 10.1 Å². The van der Waals surface area contributed by atoms with Crippen molar-refractivity contribution in [1.82, 2.24) is 10.6 Å². The highest BCUT2D eigenvalue weighted by Gasteiger charge is 2.15. The Morgan fingerprint density at radius 2 is 1.27 bits per heavy atom. The summed E-state index contributed by atoms with van der Waals surface area (Å²) in [6, 6.07) is 16.5. The monoisotopic (exact) mass is 876 g/mol. The standard InChI is InChI=1S/C44H60N8O11/c1-51(36-16-12-34(13-17-36)47-49-39-32-42(58-3)40(33-41(39)57-2)50-48-35-14-18-37(19-15-35)52(55)56)23-9-21-45-43(53)20-24-59-26-28-61-30-31-62-29-27-60-25-22-46-44(54)63-38-10-7-5-4-6-8-11-38/h4-5,12-19,32-33,38H,6-11,20-31H2,1-3H3,(H,45,53)(H,46,54)/b5-4+,49-47?,50-48?. The molecular weight excluding hydrogens is 817 g/mol. The quantitative estimate of drug-likeness (QED) is 0.0231. The molecule has 0 spiro atoms. The van der Waals surface area contributed by atoms with Crippen molar-refractivity contribution in [2.45, 2.75) is 51.0 Å². The maximum Gasteiger partial charge on any atom is 0.407 e. The van der Waals surface area contributed by atoms with E-state index in [1.54, 1.807) is 12.1 Å². The third kappa shape index (κ3) is 19.7. The fraction of sp³-hybridized carbons (Fsp3) is 0.500. The number of non-ortho nitro benzene ring substituents is 1. The van der Waals surface area contributed by atoms with E-state index >= 15 is 0 Å². The van der Waals surface area contributed by atoms with Crippen molar-refractivity contribution in [3.63, 3.8) is 0 Å². The van der Waals surface area contributed by atoms with Crippen LogP contribution >= 0.6 is 0 Å². The predicted octanol–water partition coefficient (Wildman–Crippen LogP) is 8.46. The van der Waals surface area contributed by atoms with Gasteiger partial charge in [-0.2, -0.15) is 10.2 Å². The Balaban J connectivity index is 0.994. The summed E-state index contributed by atoms with van der Waals surface area (Å²) in [4.78, 5) is 36.8. The molecule has 0 radical (unpaired) electrons. The minimum absolute atomic E-state index is 0.0290. The van der Waals surface area contributed by atoms with Gasteiger partial charge in [0.2, 0.25) is 5.91 Å². The molecule has 0 saturated heterocycles. The summed E-state index contributed by atoms with van der Waals surface area (Å²) in [5.41, 5.74) is 2.80. The van der Waals surface area contributed by atoms with Crippen molar-refractivity contribution in [3.05, 3.63) is 82.9 Å². The van der Waals surface area contributed by atoms with Crippen molar-refractivity contribution in [3.8, 4) is 11.5 Å². The number of hydrogen-bond acceptors (Lipinski definition) is 16. The molecule has 3 aromatic carbocycles. The number of alkyl carbamates (subject to hydrolysis) is 1. The lowest BCUT2D eigenvalue weighted by atomic mass is 10.0. The van der Waals surface area contributed by atoms with E-state index in [1.807, 2.05) is 31.3 Å². The van der Waals surface area contributed by atoms with E-state index in [-0.39, 0.29) is 24.1 Å². The maximum absolute atomic E-state index is 12.3. The number of hydrogen-bond donors (Lipinski definition) is 2. The van der Waals surface area contributed by atoms with E-state index in [9.17, 15) is 19.7 Å². The average Bonchev–Trinajstić information content (AvgIpc) is 3.28. The highest BCUT2D eigenvalue weighted by atomic mass is 16.6. The number of anilines is 1. The molecule has 19 nitrogen and oxygen atoms in total.